The van der Waals surface area contributed by atoms with Crippen LogP contribution in [0.4, 0.5) is 5.95 Å². The molecule has 3 rings (SSSR count). The van der Waals surface area contributed by atoms with Gasteiger partial charge < -0.3 is 9.80 Å². The second-order valence-corrected chi connectivity index (χ2v) is 5.02. The van der Waals surface area contributed by atoms with Gasteiger partial charge >= 0.3 is 0 Å². The Morgan fingerprint density at radius 3 is 2.38 bits per heavy atom. The lowest BCUT2D eigenvalue weighted by Gasteiger charge is -2.34. The monoisotopic (exact) mass is 283 g/mol. The van der Waals surface area contributed by atoms with Gasteiger partial charge in [0, 0.05) is 50.5 Å². The summed E-state index contributed by atoms with van der Waals surface area (Å²) in [4.78, 5) is 29.0. The molecule has 2 aromatic heterocycles. The van der Waals surface area contributed by atoms with Gasteiger partial charge in [0.15, 0.2) is 0 Å². The van der Waals surface area contributed by atoms with Crippen molar-refractivity contribution in [2.45, 2.75) is 6.92 Å². The molecule has 0 bridgehead atoms. The van der Waals surface area contributed by atoms with E-state index in [1.165, 1.54) is 0 Å². The Labute approximate surface area is 123 Å². The summed E-state index contributed by atoms with van der Waals surface area (Å²) in [6.45, 7) is 4.74. The van der Waals surface area contributed by atoms with Gasteiger partial charge in [0.1, 0.15) is 0 Å². The Bertz CT molecular complexity index is 606. The highest BCUT2D eigenvalue weighted by atomic mass is 16.2. The van der Waals surface area contributed by atoms with Crippen LogP contribution < -0.4 is 4.90 Å². The van der Waals surface area contributed by atoms with Crippen LogP contribution >= 0.6 is 0 Å². The van der Waals surface area contributed by atoms with Gasteiger partial charge in [-0.15, -0.1) is 0 Å². The van der Waals surface area contributed by atoms with Crippen LogP contribution in [0.15, 0.2) is 36.8 Å². The van der Waals surface area contributed by atoms with Gasteiger partial charge in [-0.25, -0.2) is 9.97 Å². The molecule has 1 aliphatic heterocycles. The number of rotatable bonds is 2. The van der Waals surface area contributed by atoms with E-state index in [0.29, 0.717) is 18.7 Å². The predicted octanol–water partition coefficient (Wildman–Crippen LogP) is 1.14. The van der Waals surface area contributed by atoms with Gasteiger partial charge in [-0.05, 0) is 25.1 Å². The number of piperazine rings is 1. The summed E-state index contributed by atoms with van der Waals surface area (Å²) in [6.07, 6.45) is 5.11. The van der Waals surface area contributed by atoms with Crippen LogP contribution in [0, 0.1) is 6.92 Å². The molecule has 1 fully saturated rings. The summed E-state index contributed by atoms with van der Waals surface area (Å²) in [7, 11) is 0. The molecule has 0 radical (unpaired) electrons. The van der Waals surface area contributed by atoms with E-state index in [0.717, 1.165) is 24.7 Å². The van der Waals surface area contributed by atoms with Gasteiger partial charge in [0.25, 0.3) is 5.91 Å². The van der Waals surface area contributed by atoms with Gasteiger partial charge in [0.2, 0.25) is 5.95 Å². The van der Waals surface area contributed by atoms with Crippen molar-refractivity contribution in [3.05, 3.63) is 48.0 Å². The van der Waals surface area contributed by atoms with E-state index in [1.807, 2.05) is 24.0 Å². The normalized spacial score (nSPS) is 15.1. The average molecular weight is 283 g/mol. The number of carbonyl (C=O) groups excluding carboxylic acids is 1. The maximum absolute atomic E-state index is 12.4. The predicted molar refractivity (Wildman–Crippen MR) is 79.1 cm³/mol. The molecule has 3 heterocycles. The first-order valence-corrected chi connectivity index (χ1v) is 6.98. The molecule has 0 atom stereocenters. The van der Waals surface area contributed by atoms with Gasteiger partial charge in [0.05, 0.1) is 5.56 Å². The van der Waals surface area contributed by atoms with E-state index in [-0.39, 0.29) is 5.91 Å². The number of aryl methyl sites for hydroxylation is 1. The highest BCUT2D eigenvalue weighted by Crippen LogP contribution is 2.12. The zero-order valence-corrected chi connectivity index (χ0v) is 11.9. The lowest BCUT2D eigenvalue weighted by atomic mass is 10.2. The SMILES string of the molecule is Cc1ccc(C(=O)N2CCN(c3ncccn3)CC2)cn1. The maximum Gasteiger partial charge on any atom is 0.255 e. The van der Waals surface area contributed by atoms with Crippen molar-refractivity contribution in [1.82, 2.24) is 19.9 Å². The van der Waals surface area contributed by atoms with Crippen LogP contribution in [0.3, 0.4) is 0 Å². The highest BCUT2D eigenvalue weighted by Gasteiger charge is 2.23. The van der Waals surface area contributed by atoms with E-state index in [2.05, 4.69) is 19.9 Å². The average Bonchev–Trinajstić information content (AvgIpc) is 2.56. The van der Waals surface area contributed by atoms with Crippen molar-refractivity contribution in [1.29, 1.82) is 0 Å². The first-order valence-electron chi connectivity index (χ1n) is 6.98. The number of aromatic nitrogens is 3. The van der Waals surface area contributed by atoms with Gasteiger partial charge in [-0.1, -0.05) is 0 Å². The topological polar surface area (TPSA) is 62.2 Å². The zero-order chi connectivity index (χ0) is 14.7. The number of anilines is 1. The molecule has 0 aromatic carbocycles. The third-order valence-corrected chi connectivity index (χ3v) is 3.56. The summed E-state index contributed by atoms with van der Waals surface area (Å²) in [5.74, 6) is 0.762. The van der Waals surface area contributed by atoms with Crippen molar-refractivity contribution >= 4 is 11.9 Å². The fourth-order valence-electron chi connectivity index (χ4n) is 2.34. The fourth-order valence-corrected chi connectivity index (χ4v) is 2.34. The van der Waals surface area contributed by atoms with E-state index in [9.17, 15) is 4.79 Å². The zero-order valence-electron chi connectivity index (χ0n) is 11.9. The lowest BCUT2D eigenvalue weighted by molar-refractivity contribution is 0.0746. The minimum atomic E-state index is 0.0381. The van der Waals surface area contributed by atoms with Crippen molar-refractivity contribution in [2.24, 2.45) is 0 Å². The first kappa shape index (κ1) is 13.5. The standard InChI is InChI=1S/C15H17N5O/c1-12-3-4-13(11-18-12)14(21)19-7-9-20(10-8-19)15-16-5-2-6-17-15/h2-6,11H,7-10H2,1H3. The molecule has 0 unspecified atom stereocenters. The molecule has 0 aliphatic carbocycles. The molecule has 21 heavy (non-hydrogen) atoms. The number of amides is 1. The summed E-state index contributed by atoms with van der Waals surface area (Å²) in [5, 5.41) is 0. The molecule has 6 nitrogen and oxygen atoms in total. The largest absolute Gasteiger partial charge is 0.337 e. The lowest BCUT2D eigenvalue weighted by Crippen LogP contribution is -2.49. The summed E-state index contributed by atoms with van der Waals surface area (Å²) in [5.41, 5.74) is 1.56. The molecule has 0 spiro atoms. The van der Waals surface area contributed by atoms with Gasteiger partial charge in [-0.3, -0.25) is 9.78 Å². The number of hydrogen-bond acceptors (Lipinski definition) is 5. The van der Waals surface area contributed by atoms with Crippen LogP contribution in [-0.2, 0) is 0 Å². The maximum atomic E-state index is 12.4. The molecule has 0 saturated carbocycles. The third-order valence-electron chi connectivity index (χ3n) is 3.56. The van der Waals surface area contributed by atoms with E-state index < -0.39 is 0 Å². The number of pyridine rings is 1. The Morgan fingerprint density at radius 1 is 1.05 bits per heavy atom. The molecular weight excluding hydrogens is 266 g/mol. The Hall–Kier alpha value is -2.50. The van der Waals surface area contributed by atoms with Crippen LogP contribution in [-0.4, -0.2) is 51.9 Å². The van der Waals surface area contributed by atoms with Crippen LogP contribution in [0.1, 0.15) is 16.1 Å². The Kier molecular flexibility index (Phi) is 3.77. The third kappa shape index (κ3) is 2.99. The molecule has 1 amide bonds. The molecule has 2 aromatic rings. The quantitative estimate of drug-likeness (QED) is 0.827. The highest BCUT2D eigenvalue weighted by molar-refractivity contribution is 5.94. The second kappa shape index (κ2) is 5.87. The molecule has 1 aliphatic rings. The summed E-state index contributed by atoms with van der Waals surface area (Å²) >= 11 is 0. The second-order valence-electron chi connectivity index (χ2n) is 5.02. The summed E-state index contributed by atoms with van der Waals surface area (Å²) < 4.78 is 0. The minimum Gasteiger partial charge on any atom is -0.337 e. The number of hydrogen-bond donors (Lipinski definition) is 0. The van der Waals surface area contributed by atoms with E-state index in [4.69, 9.17) is 0 Å². The smallest absolute Gasteiger partial charge is 0.255 e. The van der Waals surface area contributed by atoms with Crippen LogP contribution in [0.2, 0.25) is 0 Å². The Morgan fingerprint density at radius 2 is 1.76 bits per heavy atom. The van der Waals surface area contributed by atoms with Gasteiger partial charge in [-0.2, -0.15) is 0 Å². The number of nitrogens with zero attached hydrogens (tertiary/aromatic N) is 5. The first-order chi connectivity index (χ1) is 10.2. The molecule has 1 saturated heterocycles. The van der Waals surface area contributed by atoms with Crippen molar-refractivity contribution in [2.75, 3.05) is 31.1 Å². The minimum absolute atomic E-state index is 0.0381. The molecule has 0 N–H and O–H groups in total. The van der Waals surface area contributed by atoms with E-state index in [1.54, 1.807) is 24.7 Å². The van der Waals surface area contributed by atoms with E-state index >= 15 is 0 Å². The number of carbonyl (C=O) groups is 1. The molecular formula is C15H17N5O. The van der Waals surface area contributed by atoms with Crippen molar-refractivity contribution < 1.29 is 4.79 Å². The van der Waals surface area contributed by atoms with Crippen molar-refractivity contribution in [3.63, 3.8) is 0 Å². The van der Waals surface area contributed by atoms with Crippen LogP contribution in [0.25, 0.3) is 0 Å². The molecule has 108 valence electrons. The Balaban J connectivity index is 1.63. The molecule has 6 heteroatoms. The fraction of sp³-hybridized carbons (Fsp3) is 0.333. The summed E-state index contributed by atoms with van der Waals surface area (Å²) in [6, 6.07) is 5.49. The van der Waals surface area contributed by atoms with Crippen molar-refractivity contribution in [3.8, 4) is 0 Å². The van der Waals surface area contributed by atoms with Crippen LogP contribution in [0.5, 0.6) is 0 Å².